The third-order valence-corrected chi connectivity index (χ3v) is 5.67. The van der Waals surface area contributed by atoms with Gasteiger partial charge in [-0.3, -0.25) is 4.79 Å². The second-order valence-electron chi connectivity index (χ2n) is 8.06. The van der Waals surface area contributed by atoms with Gasteiger partial charge in [0.05, 0.1) is 17.2 Å². The molecule has 2 aromatic carbocycles. The van der Waals surface area contributed by atoms with Crippen molar-refractivity contribution in [2.24, 2.45) is 0 Å². The first-order valence-electron chi connectivity index (χ1n) is 10.3. The Kier molecular flexibility index (Phi) is 6.13. The van der Waals surface area contributed by atoms with Gasteiger partial charge in [-0.2, -0.15) is 0 Å². The van der Waals surface area contributed by atoms with Gasteiger partial charge in [0.15, 0.2) is 11.5 Å². The number of carbonyl (C=O) groups excluding carboxylic acids is 1. The molecule has 7 heteroatoms. The largest absolute Gasteiger partial charge is 0.488 e. The van der Waals surface area contributed by atoms with Gasteiger partial charge in [0.2, 0.25) is 0 Å². The number of hydrogen-bond acceptors (Lipinski definition) is 6. The number of ether oxygens (including phenoxy) is 3. The van der Waals surface area contributed by atoms with Gasteiger partial charge >= 0.3 is 0 Å². The Labute approximate surface area is 186 Å². The summed E-state index contributed by atoms with van der Waals surface area (Å²) >= 11 is 1.59. The first kappa shape index (κ1) is 21.2. The number of amides is 1. The highest BCUT2D eigenvalue weighted by Crippen LogP contribution is 2.41. The van der Waals surface area contributed by atoms with Gasteiger partial charge in [0.25, 0.3) is 5.91 Å². The van der Waals surface area contributed by atoms with Crippen molar-refractivity contribution in [1.29, 1.82) is 0 Å². The van der Waals surface area contributed by atoms with E-state index >= 15 is 0 Å². The van der Waals surface area contributed by atoms with E-state index in [0.29, 0.717) is 36.8 Å². The molecule has 1 aromatic heterocycles. The van der Waals surface area contributed by atoms with Gasteiger partial charge in [0.1, 0.15) is 24.6 Å². The van der Waals surface area contributed by atoms with Crippen molar-refractivity contribution in [3.05, 3.63) is 69.7 Å². The van der Waals surface area contributed by atoms with Crippen LogP contribution < -0.4 is 19.5 Å². The second kappa shape index (κ2) is 8.98. The quantitative estimate of drug-likeness (QED) is 0.523. The number of nitrogens with one attached hydrogen (secondary N) is 1. The van der Waals surface area contributed by atoms with Crippen LogP contribution in [0.15, 0.2) is 47.8 Å². The van der Waals surface area contributed by atoms with Gasteiger partial charge < -0.3 is 19.5 Å². The Bertz CT molecular complexity index is 1080. The SMILES string of the molecule is Cc1nc(COc2cccc(C(=O)NCCOc3cccc4c3OC(C)(C)C4)c2)cs1. The van der Waals surface area contributed by atoms with E-state index < -0.39 is 0 Å². The average Bonchev–Trinajstić information content (AvgIpc) is 3.30. The first-order chi connectivity index (χ1) is 14.9. The van der Waals surface area contributed by atoms with E-state index in [1.165, 1.54) is 0 Å². The number of carbonyl (C=O) groups is 1. The molecule has 2 heterocycles. The number of aryl methyl sites for hydroxylation is 1. The van der Waals surface area contributed by atoms with Crippen LogP contribution in [0.2, 0.25) is 0 Å². The average molecular weight is 439 g/mol. The molecule has 1 N–H and O–H groups in total. The lowest BCUT2D eigenvalue weighted by atomic mass is 10.0. The molecule has 0 spiro atoms. The molecule has 0 atom stereocenters. The van der Waals surface area contributed by atoms with Crippen LogP contribution in [-0.2, 0) is 13.0 Å². The molecule has 0 radical (unpaired) electrons. The highest BCUT2D eigenvalue weighted by atomic mass is 32.1. The molecule has 0 saturated heterocycles. The Hall–Kier alpha value is -3.06. The second-order valence-corrected chi connectivity index (χ2v) is 9.12. The fourth-order valence-corrected chi connectivity index (χ4v) is 4.08. The van der Waals surface area contributed by atoms with E-state index in [1.54, 1.807) is 29.5 Å². The maximum absolute atomic E-state index is 12.5. The van der Waals surface area contributed by atoms with Crippen molar-refractivity contribution < 1.29 is 19.0 Å². The number of thiazole rings is 1. The van der Waals surface area contributed by atoms with Gasteiger partial charge in [-0.1, -0.05) is 18.2 Å². The van der Waals surface area contributed by atoms with Crippen molar-refractivity contribution >= 4 is 17.2 Å². The van der Waals surface area contributed by atoms with Crippen LogP contribution in [-0.4, -0.2) is 29.6 Å². The molecule has 0 bridgehead atoms. The van der Waals surface area contributed by atoms with Crippen molar-refractivity contribution in [3.63, 3.8) is 0 Å². The zero-order valence-corrected chi connectivity index (χ0v) is 18.8. The molecule has 31 heavy (non-hydrogen) atoms. The summed E-state index contributed by atoms with van der Waals surface area (Å²) in [5, 5.41) is 5.86. The third-order valence-electron chi connectivity index (χ3n) is 4.85. The number of aromatic nitrogens is 1. The topological polar surface area (TPSA) is 69.7 Å². The highest BCUT2D eigenvalue weighted by molar-refractivity contribution is 7.09. The van der Waals surface area contributed by atoms with Crippen LogP contribution >= 0.6 is 11.3 Å². The lowest BCUT2D eigenvalue weighted by Gasteiger charge is -2.18. The fraction of sp³-hybridized carbons (Fsp3) is 0.333. The lowest BCUT2D eigenvalue weighted by molar-refractivity contribution is 0.0945. The molecule has 0 fully saturated rings. The van der Waals surface area contributed by atoms with Crippen LogP contribution in [0.1, 0.15) is 40.5 Å². The van der Waals surface area contributed by atoms with Crippen LogP contribution in [0.3, 0.4) is 0 Å². The molecule has 1 aliphatic heterocycles. The molecule has 4 rings (SSSR count). The summed E-state index contributed by atoms with van der Waals surface area (Å²) in [6.07, 6.45) is 0.858. The molecule has 0 unspecified atom stereocenters. The molecule has 0 saturated carbocycles. The summed E-state index contributed by atoms with van der Waals surface area (Å²) in [7, 11) is 0. The fourth-order valence-electron chi connectivity index (χ4n) is 3.49. The Morgan fingerprint density at radius 2 is 2.06 bits per heavy atom. The number of fused-ring (bicyclic) bond motifs is 1. The van der Waals surface area contributed by atoms with Crippen molar-refractivity contribution in [2.45, 2.75) is 39.4 Å². The summed E-state index contributed by atoms with van der Waals surface area (Å²) in [5.41, 5.74) is 2.35. The Morgan fingerprint density at radius 1 is 1.23 bits per heavy atom. The van der Waals surface area contributed by atoms with Crippen molar-refractivity contribution in [1.82, 2.24) is 10.3 Å². The zero-order chi connectivity index (χ0) is 21.8. The summed E-state index contributed by atoms with van der Waals surface area (Å²) < 4.78 is 17.6. The number of para-hydroxylation sites is 1. The van der Waals surface area contributed by atoms with Gasteiger partial charge in [0, 0.05) is 22.9 Å². The van der Waals surface area contributed by atoms with Gasteiger partial charge in [-0.25, -0.2) is 4.98 Å². The molecule has 6 nitrogen and oxygen atoms in total. The molecular formula is C24H26N2O4S. The van der Waals surface area contributed by atoms with E-state index in [9.17, 15) is 4.79 Å². The van der Waals surface area contributed by atoms with Gasteiger partial charge in [-0.15, -0.1) is 11.3 Å². The van der Waals surface area contributed by atoms with E-state index in [1.807, 2.05) is 30.5 Å². The van der Waals surface area contributed by atoms with Gasteiger partial charge in [-0.05, 0) is 45.0 Å². The Balaban J connectivity index is 1.27. The third kappa shape index (κ3) is 5.35. The lowest BCUT2D eigenvalue weighted by Crippen LogP contribution is -2.28. The minimum absolute atomic E-state index is 0.172. The molecule has 3 aromatic rings. The maximum atomic E-state index is 12.5. The summed E-state index contributed by atoms with van der Waals surface area (Å²) in [4.78, 5) is 16.9. The number of rotatable bonds is 8. The van der Waals surface area contributed by atoms with Crippen molar-refractivity contribution in [3.8, 4) is 17.2 Å². The minimum atomic E-state index is -0.221. The first-order valence-corrected chi connectivity index (χ1v) is 11.1. The monoisotopic (exact) mass is 438 g/mol. The summed E-state index contributed by atoms with van der Waals surface area (Å²) in [6, 6.07) is 13.0. The van der Waals surface area contributed by atoms with Crippen LogP contribution in [0, 0.1) is 6.92 Å². The van der Waals surface area contributed by atoms with E-state index in [4.69, 9.17) is 14.2 Å². The van der Waals surface area contributed by atoms with E-state index in [0.717, 1.165) is 28.4 Å². The minimum Gasteiger partial charge on any atom is -0.488 e. The van der Waals surface area contributed by atoms with Crippen LogP contribution in [0.25, 0.3) is 0 Å². The molecule has 1 aliphatic rings. The van der Waals surface area contributed by atoms with Crippen molar-refractivity contribution in [2.75, 3.05) is 13.2 Å². The Morgan fingerprint density at radius 3 is 2.87 bits per heavy atom. The standard InChI is InChI=1S/C24H26N2O4S/c1-16-26-19(15-31-16)14-29-20-8-4-6-17(12-20)23(27)25-10-11-28-21-9-5-7-18-13-24(2,3)30-22(18)21/h4-9,12,15H,10-11,13-14H2,1-3H3,(H,25,27). The smallest absolute Gasteiger partial charge is 0.251 e. The normalized spacial score (nSPS) is 13.9. The van der Waals surface area contributed by atoms with E-state index in [-0.39, 0.29) is 11.5 Å². The molecule has 162 valence electrons. The number of hydrogen-bond donors (Lipinski definition) is 1. The predicted molar refractivity (Wildman–Crippen MR) is 120 cm³/mol. The summed E-state index contributed by atoms with van der Waals surface area (Å²) in [5.74, 6) is 1.98. The predicted octanol–water partition coefficient (Wildman–Crippen LogP) is 4.55. The van der Waals surface area contributed by atoms with E-state index in [2.05, 4.69) is 30.2 Å². The maximum Gasteiger partial charge on any atom is 0.251 e. The molecule has 1 amide bonds. The number of nitrogens with zero attached hydrogens (tertiary/aromatic N) is 1. The molecule has 0 aliphatic carbocycles. The van der Waals surface area contributed by atoms with Crippen LogP contribution in [0.4, 0.5) is 0 Å². The van der Waals surface area contributed by atoms with Crippen LogP contribution in [0.5, 0.6) is 17.2 Å². The highest BCUT2D eigenvalue weighted by Gasteiger charge is 2.32. The molecular weight excluding hydrogens is 412 g/mol. The number of benzene rings is 2. The summed E-state index contributed by atoms with van der Waals surface area (Å²) in [6.45, 7) is 7.20. The zero-order valence-electron chi connectivity index (χ0n) is 17.9.